The van der Waals surface area contributed by atoms with Gasteiger partial charge in [-0.3, -0.25) is 4.79 Å². The molecule has 0 aliphatic carbocycles. The summed E-state index contributed by atoms with van der Waals surface area (Å²) in [4.78, 5) is 52.9. The average Bonchev–Trinajstić information content (AvgIpc) is 3.11. The molecule has 3 rings (SSSR count). The summed E-state index contributed by atoms with van der Waals surface area (Å²) in [6.07, 6.45) is 0. The largest absolute Gasteiger partial charge is 0.465 e. The molecule has 0 unspecified atom stereocenters. The first kappa shape index (κ1) is 21.9. The second-order valence-electron chi connectivity index (χ2n) is 6.26. The smallest absolute Gasteiger partial charge is 0.357 e. The normalized spacial score (nSPS) is 10.4. The fourth-order valence-corrected chi connectivity index (χ4v) is 3.91. The number of amides is 1. The van der Waals surface area contributed by atoms with E-state index in [2.05, 4.69) is 10.3 Å². The lowest BCUT2D eigenvalue weighted by molar-refractivity contribution is -0.119. The molecule has 0 bridgehead atoms. The van der Waals surface area contributed by atoms with E-state index in [4.69, 9.17) is 14.2 Å². The van der Waals surface area contributed by atoms with Crippen LogP contribution >= 0.6 is 11.3 Å². The highest BCUT2D eigenvalue weighted by Gasteiger charge is 2.27. The van der Waals surface area contributed by atoms with Gasteiger partial charge < -0.3 is 19.5 Å². The third-order valence-corrected chi connectivity index (χ3v) is 5.49. The summed E-state index contributed by atoms with van der Waals surface area (Å²) in [7, 11) is 2.39. The van der Waals surface area contributed by atoms with E-state index in [1.165, 1.54) is 27.2 Å². The van der Waals surface area contributed by atoms with Crippen LogP contribution in [0.1, 0.15) is 36.1 Å². The summed E-state index contributed by atoms with van der Waals surface area (Å²) < 4.78 is 14.4. The van der Waals surface area contributed by atoms with Gasteiger partial charge in [0.25, 0.3) is 5.91 Å². The number of aromatic nitrogens is 1. The maximum atomic E-state index is 12.3. The minimum Gasteiger partial charge on any atom is -0.465 e. The number of fused-ring (bicyclic) bond motifs is 1. The summed E-state index contributed by atoms with van der Waals surface area (Å²) in [5.41, 5.74) is 1.02. The van der Waals surface area contributed by atoms with Gasteiger partial charge >= 0.3 is 17.9 Å². The lowest BCUT2D eigenvalue weighted by Crippen LogP contribution is -2.22. The number of nitrogens with one attached hydrogen (secondary N) is 1. The first-order valence-corrected chi connectivity index (χ1v) is 9.80. The number of ether oxygens (including phenoxy) is 3. The summed E-state index contributed by atoms with van der Waals surface area (Å²) in [6.45, 7) is 0.925. The number of carbonyl (C=O) groups excluding carboxylic acids is 4. The molecule has 160 valence electrons. The number of rotatable bonds is 6. The number of benzene rings is 1. The van der Waals surface area contributed by atoms with Crippen LogP contribution < -0.4 is 5.32 Å². The van der Waals surface area contributed by atoms with E-state index in [9.17, 15) is 19.2 Å². The molecule has 1 amide bonds. The third kappa shape index (κ3) is 4.69. The van der Waals surface area contributed by atoms with Gasteiger partial charge in [0, 0.05) is 5.39 Å². The standard InChI is InChI=1S/C21H18N2O7S/c1-11-16(20(26)28-2)18(31-17(11)21(27)29-3)23-15(24)10-30-19(25)14-9-8-12-6-4-5-7-13(12)22-14/h4-9H,10H2,1-3H3,(H,23,24). The Morgan fingerprint density at radius 1 is 0.968 bits per heavy atom. The predicted molar refractivity (Wildman–Crippen MR) is 112 cm³/mol. The Morgan fingerprint density at radius 3 is 2.39 bits per heavy atom. The summed E-state index contributed by atoms with van der Waals surface area (Å²) >= 11 is 0.863. The molecule has 0 fully saturated rings. The predicted octanol–water partition coefficient (Wildman–Crippen LogP) is 2.97. The van der Waals surface area contributed by atoms with Crippen molar-refractivity contribution in [2.75, 3.05) is 26.1 Å². The van der Waals surface area contributed by atoms with E-state index in [0.717, 1.165) is 16.7 Å². The van der Waals surface area contributed by atoms with Gasteiger partial charge in [-0.2, -0.15) is 0 Å². The highest BCUT2D eigenvalue weighted by atomic mass is 32.1. The molecule has 0 radical (unpaired) electrons. The van der Waals surface area contributed by atoms with Crippen molar-refractivity contribution in [2.45, 2.75) is 6.92 Å². The molecular weight excluding hydrogens is 424 g/mol. The summed E-state index contributed by atoms with van der Waals surface area (Å²) in [6, 6.07) is 10.5. The molecule has 0 spiro atoms. The molecule has 1 aromatic carbocycles. The fourth-order valence-electron chi connectivity index (χ4n) is 2.78. The molecule has 1 N–H and O–H groups in total. The highest BCUT2D eigenvalue weighted by molar-refractivity contribution is 7.18. The van der Waals surface area contributed by atoms with Crippen molar-refractivity contribution in [1.82, 2.24) is 4.98 Å². The topological polar surface area (TPSA) is 121 Å². The SMILES string of the molecule is COC(=O)c1sc(NC(=O)COC(=O)c2ccc3ccccc3n2)c(C(=O)OC)c1C. The number of esters is 3. The van der Waals surface area contributed by atoms with Gasteiger partial charge in [0.15, 0.2) is 6.61 Å². The van der Waals surface area contributed by atoms with Gasteiger partial charge in [0.1, 0.15) is 15.6 Å². The van der Waals surface area contributed by atoms with Crippen LogP contribution in [0.2, 0.25) is 0 Å². The maximum absolute atomic E-state index is 12.3. The van der Waals surface area contributed by atoms with Crippen molar-refractivity contribution in [3.05, 3.63) is 58.1 Å². The minimum absolute atomic E-state index is 0.0313. The lowest BCUT2D eigenvalue weighted by atomic mass is 10.1. The number of para-hydroxylation sites is 1. The third-order valence-electron chi connectivity index (χ3n) is 4.30. The van der Waals surface area contributed by atoms with E-state index < -0.39 is 30.4 Å². The molecule has 0 aliphatic heterocycles. The van der Waals surface area contributed by atoms with Crippen LogP contribution in [-0.2, 0) is 19.0 Å². The van der Waals surface area contributed by atoms with Crippen molar-refractivity contribution in [2.24, 2.45) is 0 Å². The van der Waals surface area contributed by atoms with Crippen molar-refractivity contribution >= 4 is 51.1 Å². The van der Waals surface area contributed by atoms with Crippen molar-refractivity contribution in [3.8, 4) is 0 Å². The number of anilines is 1. The number of nitrogens with zero attached hydrogens (tertiary/aromatic N) is 1. The summed E-state index contributed by atoms with van der Waals surface area (Å²) in [5.74, 6) is -2.85. The number of hydrogen-bond acceptors (Lipinski definition) is 9. The Hall–Kier alpha value is -3.79. The number of hydrogen-bond donors (Lipinski definition) is 1. The van der Waals surface area contributed by atoms with Crippen LogP contribution in [0.25, 0.3) is 10.9 Å². The average molecular weight is 442 g/mol. The monoisotopic (exact) mass is 442 g/mol. The molecule has 9 nitrogen and oxygen atoms in total. The van der Waals surface area contributed by atoms with Crippen LogP contribution in [0, 0.1) is 6.92 Å². The van der Waals surface area contributed by atoms with Crippen LogP contribution in [-0.4, -0.2) is 49.6 Å². The molecule has 3 aromatic rings. The molecule has 0 aliphatic rings. The second kappa shape index (κ2) is 9.35. The van der Waals surface area contributed by atoms with E-state index in [-0.39, 0.29) is 21.1 Å². The van der Waals surface area contributed by atoms with Gasteiger partial charge in [0.05, 0.1) is 25.3 Å². The zero-order valence-corrected chi connectivity index (χ0v) is 17.7. The van der Waals surface area contributed by atoms with Crippen molar-refractivity contribution < 1.29 is 33.4 Å². The van der Waals surface area contributed by atoms with Crippen molar-refractivity contribution in [3.63, 3.8) is 0 Å². The van der Waals surface area contributed by atoms with E-state index in [0.29, 0.717) is 11.1 Å². The van der Waals surface area contributed by atoms with E-state index in [1.807, 2.05) is 12.1 Å². The van der Waals surface area contributed by atoms with Crippen molar-refractivity contribution in [1.29, 1.82) is 0 Å². The number of methoxy groups -OCH3 is 2. The Bertz CT molecular complexity index is 1190. The number of thiophene rings is 1. The molecule has 0 atom stereocenters. The Balaban J connectivity index is 1.72. The van der Waals surface area contributed by atoms with Gasteiger partial charge in [-0.15, -0.1) is 11.3 Å². The molecule has 0 saturated carbocycles. The van der Waals surface area contributed by atoms with E-state index >= 15 is 0 Å². The number of carbonyl (C=O) groups is 4. The van der Waals surface area contributed by atoms with Crippen LogP contribution in [0.15, 0.2) is 36.4 Å². The minimum atomic E-state index is -0.772. The maximum Gasteiger partial charge on any atom is 0.357 e. The zero-order chi connectivity index (χ0) is 22.5. The van der Waals surface area contributed by atoms with Gasteiger partial charge in [-0.25, -0.2) is 19.4 Å². The molecular formula is C21H18N2O7S. The highest BCUT2D eigenvalue weighted by Crippen LogP contribution is 2.34. The Morgan fingerprint density at radius 2 is 1.68 bits per heavy atom. The Kier molecular flexibility index (Phi) is 6.61. The van der Waals surface area contributed by atoms with Crippen LogP contribution in [0.4, 0.5) is 5.00 Å². The van der Waals surface area contributed by atoms with Crippen LogP contribution in [0.5, 0.6) is 0 Å². The fraction of sp³-hybridized carbons (Fsp3) is 0.190. The molecule has 10 heteroatoms. The molecule has 31 heavy (non-hydrogen) atoms. The van der Waals surface area contributed by atoms with Gasteiger partial charge in [0.2, 0.25) is 0 Å². The van der Waals surface area contributed by atoms with Gasteiger partial charge in [-0.05, 0) is 24.6 Å². The molecule has 2 heterocycles. The lowest BCUT2D eigenvalue weighted by Gasteiger charge is -2.07. The molecule has 0 saturated heterocycles. The first-order chi connectivity index (χ1) is 14.8. The zero-order valence-electron chi connectivity index (χ0n) is 16.9. The second-order valence-corrected chi connectivity index (χ2v) is 7.28. The quantitative estimate of drug-likeness (QED) is 0.457. The Labute approximate surface area is 180 Å². The molecule has 2 aromatic heterocycles. The number of pyridine rings is 1. The van der Waals surface area contributed by atoms with Crippen LogP contribution in [0.3, 0.4) is 0 Å². The first-order valence-electron chi connectivity index (χ1n) is 8.98. The summed E-state index contributed by atoms with van der Waals surface area (Å²) in [5, 5.41) is 3.43. The van der Waals surface area contributed by atoms with Gasteiger partial charge in [-0.1, -0.05) is 24.3 Å². The van der Waals surface area contributed by atoms with E-state index in [1.54, 1.807) is 18.2 Å².